The SMILES string of the molecule is CCNC(=NCc1cccc(OC)c1OC)NCCc1ccc(OCC)c(OCC)c1. The lowest BCUT2D eigenvalue weighted by molar-refractivity contribution is 0.287. The predicted molar refractivity (Wildman–Crippen MR) is 125 cm³/mol. The molecule has 7 nitrogen and oxygen atoms in total. The highest BCUT2D eigenvalue weighted by atomic mass is 16.5. The minimum atomic E-state index is 0.479. The zero-order chi connectivity index (χ0) is 22.5. The van der Waals surface area contributed by atoms with Gasteiger partial charge < -0.3 is 29.6 Å². The summed E-state index contributed by atoms with van der Waals surface area (Å²) >= 11 is 0. The van der Waals surface area contributed by atoms with Gasteiger partial charge in [0.1, 0.15) is 0 Å². The van der Waals surface area contributed by atoms with Crippen molar-refractivity contribution in [1.29, 1.82) is 0 Å². The highest BCUT2D eigenvalue weighted by Gasteiger charge is 2.10. The molecule has 0 aliphatic heterocycles. The van der Waals surface area contributed by atoms with Crippen LogP contribution in [0.1, 0.15) is 31.9 Å². The summed E-state index contributed by atoms with van der Waals surface area (Å²) in [6.07, 6.45) is 0.833. The van der Waals surface area contributed by atoms with Crippen LogP contribution in [-0.2, 0) is 13.0 Å². The Morgan fingerprint density at radius 3 is 2.32 bits per heavy atom. The largest absolute Gasteiger partial charge is 0.493 e. The van der Waals surface area contributed by atoms with Crippen LogP contribution in [0.3, 0.4) is 0 Å². The van der Waals surface area contributed by atoms with Gasteiger partial charge in [-0.05, 0) is 51.0 Å². The van der Waals surface area contributed by atoms with E-state index in [0.29, 0.717) is 31.3 Å². The molecule has 0 heterocycles. The van der Waals surface area contributed by atoms with Crippen molar-refractivity contribution in [3.63, 3.8) is 0 Å². The van der Waals surface area contributed by atoms with Crippen molar-refractivity contribution >= 4 is 5.96 Å². The minimum Gasteiger partial charge on any atom is -0.493 e. The standard InChI is InChI=1S/C24H35N3O4/c1-6-25-24(27-17-19-10-9-11-21(28-4)23(19)29-5)26-15-14-18-12-13-20(30-7-2)22(16-18)31-8-3/h9-13,16H,6-8,14-15,17H2,1-5H3,(H2,25,26,27). The maximum Gasteiger partial charge on any atom is 0.191 e. The average Bonchev–Trinajstić information content (AvgIpc) is 2.79. The van der Waals surface area contributed by atoms with E-state index in [2.05, 4.69) is 16.7 Å². The molecule has 31 heavy (non-hydrogen) atoms. The van der Waals surface area contributed by atoms with Crippen LogP contribution in [0.4, 0.5) is 0 Å². The van der Waals surface area contributed by atoms with Crippen LogP contribution in [-0.4, -0.2) is 46.5 Å². The number of methoxy groups -OCH3 is 2. The summed E-state index contributed by atoms with van der Waals surface area (Å²) in [5.74, 6) is 3.73. The van der Waals surface area contributed by atoms with Gasteiger partial charge in [0.05, 0.1) is 34.0 Å². The van der Waals surface area contributed by atoms with Gasteiger partial charge in [-0.1, -0.05) is 18.2 Å². The first-order valence-corrected chi connectivity index (χ1v) is 10.8. The number of rotatable bonds is 12. The fourth-order valence-electron chi connectivity index (χ4n) is 3.16. The van der Waals surface area contributed by atoms with E-state index in [1.54, 1.807) is 14.2 Å². The molecule has 0 amide bonds. The van der Waals surface area contributed by atoms with Crippen molar-refractivity contribution in [3.05, 3.63) is 47.5 Å². The van der Waals surface area contributed by atoms with Crippen molar-refractivity contribution in [2.75, 3.05) is 40.5 Å². The summed E-state index contributed by atoms with van der Waals surface area (Å²) in [6.45, 7) is 9.20. The maximum absolute atomic E-state index is 5.72. The Hall–Kier alpha value is -3.09. The number of ether oxygens (including phenoxy) is 4. The Kier molecular flexibility index (Phi) is 10.3. The van der Waals surface area contributed by atoms with Crippen LogP contribution >= 0.6 is 0 Å². The van der Waals surface area contributed by atoms with Gasteiger partial charge in [0.2, 0.25) is 0 Å². The number of benzene rings is 2. The Labute approximate surface area is 185 Å². The van der Waals surface area contributed by atoms with Gasteiger partial charge in [0, 0.05) is 18.7 Å². The molecule has 7 heteroatoms. The topological polar surface area (TPSA) is 73.3 Å². The fraction of sp³-hybridized carbons (Fsp3) is 0.458. The van der Waals surface area contributed by atoms with Crippen LogP contribution in [0.15, 0.2) is 41.4 Å². The molecule has 170 valence electrons. The second-order valence-corrected chi connectivity index (χ2v) is 6.67. The number of hydrogen-bond donors (Lipinski definition) is 2. The number of aliphatic imine (C=N–C) groups is 1. The number of para-hydroxylation sites is 1. The Morgan fingerprint density at radius 2 is 1.65 bits per heavy atom. The second kappa shape index (κ2) is 13.3. The zero-order valence-corrected chi connectivity index (χ0v) is 19.3. The monoisotopic (exact) mass is 429 g/mol. The van der Waals surface area contributed by atoms with Gasteiger partial charge >= 0.3 is 0 Å². The van der Waals surface area contributed by atoms with Crippen molar-refractivity contribution in [1.82, 2.24) is 10.6 Å². The van der Waals surface area contributed by atoms with E-state index in [4.69, 9.17) is 23.9 Å². The quantitative estimate of drug-likeness (QED) is 0.395. The van der Waals surface area contributed by atoms with Crippen molar-refractivity contribution in [2.24, 2.45) is 4.99 Å². The average molecular weight is 430 g/mol. The third-order valence-corrected chi connectivity index (χ3v) is 4.55. The first-order valence-electron chi connectivity index (χ1n) is 10.8. The van der Waals surface area contributed by atoms with Crippen LogP contribution in [0.25, 0.3) is 0 Å². The Morgan fingerprint density at radius 1 is 0.871 bits per heavy atom. The maximum atomic E-state index is 5.72. The van der Waals surface area contributed by atoms with Gasteiger partial charge in [-0.15, -0.1) is 0 Å². The molecule has 0 aromatic heterocycles. The molecule has 2 aromatic rings. The van der Waals surface area contributed by atoms with E-state index in [-0.39, 0.29) is 0 Å². The summed E-state index contributed by atoms with van der Waals surface area (Å²) < 4.78 is 22.2. The highest BCUT2D eigenvalue weighted by molar-refractivity contribution is 5.79. The molecule has 0 atom stereocenters. The molecule has 0 saturated heterocycles. The summed E-state index contributed by atoms with van der Waals surface area (Å²) in [5.41, 5.74) is 2.14. The van der Waals surface area contributed by atoms with Crippen LogP contribution < -0.4 is 29.6 Å². The number of guanidine groups is 1. The van der Waals surface area contributed by atoms with Crippen molar-refractivity contribution in [2.45, 2.75) is 33.7 Å². The molecule has 2 N–H and O–H groups in total. The van der Waals surface area contributed by atoms with Gasteiger partial charge in [-0.25, -0.2) is 4.99 Å². The number of nitrogens with one attached hydrogen (secondary N) is 2. The molecule has 0 saturated carbocycles. The van der Waals surface area contributed by atoms with E-state index < -0.39 is 0 Å². The van der Waals surface area contributed by atoms with Crippen LogP contribution in [0.2, 0.25) is 0 Å². The first kappa shape index (κ1) is 24.2. The van der Waals surface area contributed by atoms with E-state index in [0.717, 1.165) is 42.5 Å². The molecule has 0 radical (unpaired) electrons. The molecular weight excluding hydrogens is 394 g/mol. The van der Waals surface area contributed by atoms with Crippen LogP contribution in [0, 0.1) is 0 Å². The third-order valence-electron chi connectivity index (χ3n) is 4.55. The lowest BCUT2D eigenvalue weighted by Gasteiger charge is -2.15. The molecule has 0 aliphatic carbocycles. The van der Waals surface area contributed by atoms with E-state index in [9.17, 15) is 0 Å². The predicted octanol–water partition coefficient (Wildman–Crippen LogP) is 3.80. The lowest BCUT2D eigenvalue weighted by atomic mass is 10.1. The molecular formula is C24H35N3O4. The van der Waals surface area contributed by atoms with E-state index >= 15 is 0 Å². The van der Waals surface area contributed by atoms with E-state index in [1.165, 1.54) is 5.56 Å². The van der Waals surface area contributed by atoms with E-state index in [1.807, 2.05) is 51.1 Å². The summed E-state index contributed by atoms with van der Waals surface area (Å²) in [5, 5.41) is 6.68. The number of nitrogens with zero attached hydrogens (tertiary/aromatic N) is 1. The number of hydrogen-bond acceptors (Lipinski definition) is 5. The molecule has 0 fully saturated rings. The minimum absolute atomic E-state index is 0.479. The normalized spacial score (nSPS) is 11.1. The summed E-state index contributed by atoms with van der Waals surface area (Å²) in [7, 11) is 3.27. The third kappa shape index (κ3) is 7.27. The summed E-state index contributed by atoms with van der Waals surface area (Å²) in [6, 6.07) is 11.9. The Bertz CT molecular complexity index is 840. The Balaban J connectivity index is 2.02. The van der Waals surface area contributed by atoms with Gasteiger partial charge in [0.25, 0.3) is 0 Å². The smallest absolute Gasteiger partial charge is 0.191 e. The molecule has 0 aliphatic rings. The van der Waals surface area contributed by atoms with Crippen molar-refractivity contribution < 1.29 is 18.9 Å². The second-order valence-electron chi connectivity index (χ2n) is 6.67. The molecule has 0 bridgehead atoms. The van der Waals surface area contributed by atoms with Crippen LogP contribution in [0.5, 0.6) is 23.0 Å². The molecule has 0 unspecified atom stereocenters. The van der Waals surface area contributed by atoms with Crippen molar-refractivity contribution in [3.8, 4) is 23.0 Å². The van der Waals surface area contributed by atoms with Gasteiger partial charge in [0.15, 0.2) is 29.0 Å². The highest BCUT2D eigenvalue weighted by Crippen LogP contribution is 2.31. The zero-order valence-electron chi connectivity index (χ0n) is 19.3. The first-order chi connectivity index (χ1) is 15.2. The van der Waals surface area contributed by atoms with Gasteiger partial charge in [-0.2, -0.15) is 0 Å². The summed E-state index contributed by atoms with van der Waals surface area (Å²) in [4.78, 5) is 4.70. The van der Waals surface area contributed by atoms with Gasteiger partial charge in [-0.3, -0.25) is 0 Å². The fourth-order valence-corrected chi connectivity index (χ4v) is 3.16. The molecule has 2 rings (SSSR count). The molecule has 0 spiro atoms. The lowest BCUT2D eigenvalue weighted by Crippen LogP contribution is -2.38. The molecule has 2 aromatic carbocycles.